The number of ether oxygens (including phenoxy) is 3. The van der Waals surface area contributed by atoms with Gasteiger partial charge < -0.3 is 19.9 Å². The highest BCUT2D eigenvalue weighted by molar-refractivity contribution is 6.09. The molecule has 12 heteroatoms. The third-order valence-corrected chi connectivity index (χ3v) is 6.09. The van der Waals surface area contributed by atoms with Gasteiger partial charge in [0.05, 0.1) is 55.2 Å². The van der Waals surface area contributed by atoms with E-state index in [1.54, 1.807) is 63.2 Å². The number of aryl methyl sites for hydroxylation is 2. The number of amides is 2. The number of hydrazine groups is 1. The number of hydrogen-bond acceptors (Lipinski definition) is 10. The maximum absolute atomic E-state index is 13.4. The summed E-state index contributed by atoms with van der Waals surface area (Å²) in [6.07, 6.45) is -0.889. The number of allylic oxidation sites excluding steroid dienone is 1. The number of rotatable bonds is 6. The first-order chi connectivity index (χ1) is 19.1. The molecule has 1 aliphatic heterocycles. The Morgan fingerprint density at radius 3 is 2.25 bits per heavy atom. The van der Waals surface area contributed by atoms with E-state index in [2.05, 4.69) is 16.9 Å². The van der Waals surface area contributed by atoms with Crippen molar-refractivity contribution in [2.45, 2.75) is 26.7 Å². The van der Waals surface area contributed by atoms with Crippen LogP contribution in [0.5, 0.6) is 0 Å². The monoisotopic (exact) mass is 547 g/mol. The van der Waals surface area contributed by atoms with E-state index in [0.29, 0.717) is 16.7 Å². The molecule has 0 fully saturated rings. The lowest BCUT2D eigenvalue weighted by atomic mass is 9.80. The number of hydrogen-bond donors (Lipinski definition) is 3. The normalized spacial score (nSPS) is 14.7. The van der Waals surface area contributed by atoms with E-state index in [0.717, 1.165) is 19.1 Å². The first-order valence-electron chi connectivity index (χ1n) is 12.1. The Labute approximate surface area is 230 Å². The van der Waals surface area contributed by atoms with Crippen LogP contribution in [-0.4, -0.2) is 44.8 Å². The number of benzene rings is 2. The van der Waals surface area contributed by atoms with Gasteiger partial charge in [0.15, 0.2) is 0 Å². The van der Waals surface area contributed by atoms with Crippen molar-refractivity contribution in [3.63, 3.8) is 0 Å². The number of nitrogens with two attached hydrogens (primary N) is 1. The van der Waals surface area contributed by atoms with Gasteiger partial charge in [0.1, 0.15) is 11.5 Å². The van der Waals surface area contributed by atoms with E-state index >= 15 is 0 Å². The van der Waals surface area contributed by atoms with Crippen LogP contribution in [0.4, 0.5) is 10.5 Å². The Kier molecular flexibility index (Phi) is 9.13. The molecule has 1 atom stereocenters. The predicted molar refractivity (Wildman–Crippen MR) is 143 cm³/mol. The third kappa shape index (κ3) is 5.58. The Morgan fingerprint density at radius 1 is 1.02 bits per heavy atom. The molecule has 40 heavy (non-hydrogen) atoms. The Bertz CT molecular complexity index is 1460. The van der Waals surface area contributed by atoms with Crippen LogP contribution < -0.4 is 21.5 Å². The summed E-state index contributed by atoms with van der Waals surface area (Å²) in [6, 6.07) is 13.9. The van der Waals surface area contributed by atoms with Crippen molar-refractivity contribution in [3.8, 4) is 6.07 Å². The van der Waals surface area contributed by atoms with E-state index in [9.17, 15) is 24.4 Å². The molecule has 2 aromatic carbocycles. The van der Waals surface area contributed by atoms with Crippen LogP contribution in [0.2, 0.25) is 0 Å². The van der Waals surface area contributed by atoms with Crippen LogP contribution in [0.25, 0.3) is 0 Å². The topological polar surface area (TPSA) is 173 Å². The zero-order valence-corrected chi connectivity index (χ0v) is 22.7. The second-order valence-electron chi connectivity index (χ2n) is 8.61. The van der Waals surface area contributed by atoms with E-state index in [4.69, 9.17) is 19.9 Å². The van der Waals surface area contributed by atoms with Crippen molar-refractivity contribution in [2.75, 3.05) is 25.7 Å². The van der Waals surface area contributed by atoms with Gasteiger partial charge in [-0.25, -0.2) is 19.8 Å². The number of nitriles is 1. The molecule has 1 heterocycles. The van der Waals surface area contributed by atoms with Crippen molar-refractivity contribution in [3.05, 3.63) is 87.4 Å². The Balaban J connectivity index is 2.38. The van der Waals surface area contributed by atoms with Crippen molar-refractivity contribution in [2.24, 2.45) is 5.73 Å². The standard InChI is InChI=1S/C28H29N5O7/c1-6-40-28(37)32-31-25(34)20-16(3)12-15(2)13-19(20)33-23(27(36)39-5)22(26(35)38-4)21(18(14-29)24(33)30)17-10-8-7-9-11-17/h7-13,21H,6,30H2,1-5H3,(H,31,34)(H,32,37). The second kappa shape index (κ2) is 12.5. The molecule has 1 unspecified atom stereocenters. The highest BCUT2D eigenvalue weighted by Gasteiger charge is 2.44. The SMILES string of the molecule is CCOC(=O)NNC(=O)c1c(C)cc(C)cc1N1C(N)=C(C#N)C(c2ccccc2)C(C(=O)OC)=C1C(=O)OC. The summed E-state index contributed by atoms with van der Waals surface area (Å²) in [5.74, 6) is -3.92. The predicted octanol–water partition coefficient (Wildman–Crippen LogP) is 2.59. The summed E-state index contributed by atoms with van der Waals surface area (Å²) in [6.45, 7) is 5.07. The minimum absolute atomic E-state index is 0.00795. The highest BCUT2D eigenvalue weighted by atomic mass is 16.6. The number of anilines is 1. The van der Waals surface area contributed by atoms with Crippen molar-refractivity contribution in [1.29, 1.82) is 5.26 Å². The largest absolute Gasteiger partial charge is 0.466 e. The Hall–Kier alpha value is -5.31. The smallest absolute Gasteiger partial charge is 0.426 e. The van der Waals surface area contributed by atoms with E-state index < -0.39 is 29.9 Å². The molecule has 0 radical (unpaired) electrons. The summed E-state index contributed by atoms with van der Waals surface area (Å²) in [5, 5.41) is 10.2. The average molecular weight is 548 g/mol. The minimum atomic E-state index is -1.07. The molecule has 208 valence electrons. The number of esters is 2. The molecule has 2 aromatic rings. The first kappa shape index (κ1) is 29.2. The molecule has 3 rings (SSSR count). The van der Waals surface area contributed by atoms with Crippen LogP contribution in [0.3, 0.4) is 0 Å². The summed E-state index contributed by atoms with van der Waals surface area (Å²) in [7, 11) is 2.26. The average Bonchev–Trinajstić information content (AvgIpc) is 2.94. The van der Waals surface area contributed by atoms with Crippen LogP contribution in [0.1, 0.15) is 39.9 Å². The van der Waals surface area contributed by atoms with Gasteiger partial charge >= 0.3 is 18.0 Å². The molecular weight excluding hydrogens is 518 g/mol. The number of carbonyl (C=O) groups excluding carboxylic acids is 4. The highest BCUT2D eigenvalue weighted by Crippen LogP contribution is 2.44. The lowest BCUT2D eigenvalue weighted by molar-refractivity contribution is -0.139. The van der Waals surface area contributed by atoms with Gasteiger partial charge in [-0.1, -0.05) is 36.4 Å². The molecule has 12 nitrogen and oxygen atoms in total. The summed E-state index contributed by atoms with van der Waals surface area (Å²) in [4.78, 5) is 53.0. The van der Waals surface area contributed by atoms with Crippen LogP contribution >= 0.6 is 0 Å². The van der Waals surface area contributed by atoms with Gasteiger partial charge in [0.2, 0.25) is 0 Å². The first-order valence-corrected chi connectivity index (χ1v) is 12.1. The van der Waals surface area contributed by atoms with Crippen molar-refractivity contribution < 1.29 is 33.4 Å². The maximum atomic E-state index is 13.4. The molecule has 0 bridgehead atoms. The third-order valence-electron chi connectivity index (χ3n) is 6.09. The number of methoxy groups -OCH3 is 2. The fourth-order valence-electron chi connectivity index (χ4n) is 4.52. The van der Waals surface area contributed by atoms with Crippen molar-refractivity contribution in [1.82, 2.24) is 10.9 Å². The zero-order valence-electron chi connectivity index (χ0n) is 22.7. The fraction of sp³-hybridized carbons (Fsp3) is 0.250. The van der Waals surface area contributed by atoms with Gasteiger partial charge in [0.25, 0.3) is 5.91 Å². The fourth-order valence-corrected chi connectivity index (χ4v) is 4.52. The Morgan fingerprint density at radius 2 is 1.68 bits per heavy atom. The maximum Gasteiger partial charge on any atom is 0.426 e. The number of nitrogens with one attached hydrogen (secondary N) is 2. The quantitative estimate of drug-likeness (QED) is 0.277. The van der Waals surface area contributed by atoms with Gasteiger partial charge in [-0.15, -0.1) is 0 Å². The molecule has 0 saturated carbocycles. The lowest BCUT2D eigenvalue weighted by Gasteiger charge is -2.37. The molecule has 0 saturated heterocycles. The molecular formula is C28H29N5O7. The van der Waals surface area contributed by atoms with Gasteiger partial charge in [-0.05, 0) is 43.5 Å². The molecule has 4 N–H and O–H groups in total. The number of nitrogens with zero attached hydrogens (tertiary/aromatic N) is 2. The van der Waals surface area contributed by atoms with Crippen LogP contribution in [0.15, 0.2) is 65.1 Å². The van der Waals surface area contributed by atoms with E-state index in [-0.39, 0.29) is 40.5 Å². The zero-order chi connectivity index (χ0) is 29.6. The summed E-state index contributed by atoms with van der Waals surface area (Å²) < 4.78 is 14.9. The molecule has 0 spiro atoms. The van der Waals surface area contributed by atoms with Crippen LogP contribution in [0, 0.1) is 25.2 Å². The molecule has 0 aliphatic carbocycles. The van der Waals surface area contributed by atoms with Gasteiger partial charge in [-0.3, -0.25) is 15.1 Å². The summed E-state index contributed by atoms with van der Waals surface area (Å²) >= 11 is 0. The number of carbonyl (C=O) groups is 4. The minimum Gasteiger partial charge on any atom is -0.466 e. The van der Waals surface area contributed by atoms with Crippen molar-refractivity contribution >= 4 is 29.6 Å². The van der Waals surface area contributed by atoms with Gasteiger partial charge in [0, 0.05) is 0 Å². The van der Waals surface area contributed by atoms with E-state index in [1.807, 2.05) is 0 Å². The summed E-state index contributed by atoms with van der Waals surface area (Å²) in [5.41, 5.74) is 12.0. The van der Waals surface area contributed by atoms with E-state index in [1.165, 1.54) is 0 Å². The van der Waals surface area contributed by atoms with Crippen LogP contribution in [-0.2, 0) is 23.8 Å². The van der Waals surface area contributed by atoms with Gasteiger partial charge in [-0.2, -0.15) is 5.26 Å². The molecule has 1 aliphatic rings. The lowest BCUT2D eigenvalue weighted by Crippen LogP contribution is -2.44. The second-order valence-corrected chi connectivity index (χ2v) is 8.61. The molecule has 0 aromatic heterocycles. The molecule has 2 amide bonds.